The molecule has 0 aliphatic heterocycles. The van der Waals surface area contributed by atoms with E-state index in [-0.39, 0.29) is 12.2 Å². The molecule has 0 amide bonds. The Morgan fingerprint density at radius 3 is 2.11 bits per heavy atom. The Balaban J connectivity index is 2.12. The summed E-state index contributed by atoms with van der Waals surface area (Å²) in [6.07, 6.45) is -0.479. The van der Waals surface area contributed by atoms with Gasteiger partial charge in [-0.2, -0.15) is 0 Å². The third kappa shape index (κ3) is 7.82. The number of rotatable bonds is 9. The Morgan fingerprint density at radius 1 is 0.895 bits per heavy atom. The van der Waals surface area contributed by atoms with E-state index in [1.54, 1.807) is 6.92 Å². The summed E-state index contributed by atoms with van der Waals surface area (Å²) in [4.78, 5) is 0. The number of benzene rings is 1. The van der Waals surface area contributed by atoms with Crippen molar-refractivity contribution in [1.29, 1.82) is 0 Å². The zero-order valence-corrected chi connectivity index (χ0v) is 11.9. The quantitative estimate of drug-likeness (QED) is 0.746. The molecule has 3 unspecified atom stereocenters. The van der Waals surface area contributed by atoms with Crippen LogP contribution >= 0.6 is 0 Å². The van der Waals surface area contributed by atoms with Gasteiger partial charge in [0.2, 0.25) is 0 Å². The first-order chi connectivity index (χ1) is 9.08. The van der Waals surface area contributed by atoms with Crippen LogP contribution in [0.4, 0.5) is 0 Å². The maximum Gasteiger partial charge on any atom is 0.119 e. The summed E-state index contributed by atoms with van der Waals surface area (Å²) in [5.41, 5.74) is 0. The molecule has 0 saturated heterocycles. The van der Waals surface area contributed by atoms with Crippen LogP contribution in [0.3, 0.4) is 0 Å². The molecular weight excluding hydrogens is 244 g/mol. The van der Waals surface area contributed by atoms with E-state index in [0.29, 0.717) is 19.8 Å². The summed E-state index contributed by atoms with van der Waals surface area (Å²) in [5.74, 6) is 0.844. The minimum Gasteiger partial charge on any atom is -0.491 e. The molecule has 0 aliphatic rings. The van der Waals surface area contributed by atoms with Crippen LogP contribution in [0.5, 0.6) is 5.75 Å². The average Bonchev–Trinajstić information content (AvgIpc) is 2.41. The number of ether oxygens (including phenoxy) is 3. The lowest BCUT2D eigenvalue weighted by atomic mass is 10.3. The molecule has 0 spiro atoms. The van der Waals surface area contributed by atoms with Crippen molar-refractivity contribution in [2.75, 3.05) is 19.8 Å². The molecule has 19 heavy (non-hydrogen) atoms. The van der Waals surface area contributed by atoms with E-state index in [2.05, 4.69) is 0 Å². The van der Waals surface area contributed by atoms with Gasteiger partial charge < -0.3 is 19.3 Å². The van der Waals surface area contributed by atoms with E-state index in [1.807, 2.05) is 44.2 Å². The lowest BCUT2D eigenvalue weighted by molar-refractivity contribution is -0.0599. The van der Waals surface area contributed by atoms with E-state index in [0.717, 1.165) is 5.75 Å². The van der Waals surface area contributed by atoms with Gasteiger partial charge in [0.1, 0.15) is 12.4 Å². The van der Waals surface area contributed by atoms with Gasteiger partial charge in [0, 0.05) is 0 Å². The first-order valence-electron chi connectivity index (χ1n) is 6.67. The van der Waals surface area contributed by atoms with E-state index in [4.69, 9.17) is 19.3 Å². The van der Waals surface area contributed by atoms with Gasteiger partial charge in [0.15, 0.2) is 0 Å². The number of aliphatic hydroxyl groups is 1. The molecule has 0 saturated carbocycles. The summed E-state index contributed by atoms with van der Waals surface area (Å²) in [5, 5.41) is 9.10. The van der Waals surface area contributed by atoms with Crippen molar-refractivity contribution in [2.24, 2.45) is 0 Å². The highest BCUT2D eigenvalue weighted by molar-refractivity contribution is 5.20. The Hall–Kier alpha value is -1.10. The highest BCUT2D eigenvalue weighted by Gasteiger charge is 2.08. The van der Waals surface area contributed by atoms with Crippen molar-refractivity contribution in [3.63, 3.8) is 0 Å². The van der Waals surface area contributed by atoms with Crippen molar-refractivity contribution in [1.82, 2.24) is 0 Å². The third-order valence-electron chi connectivity index (χ3n) is 2.47. The topological polar surface area (TPSA) is 47.9 Å². The van der Waals surface area contributed by atoms with Crippen LogP contribution in [0.15, 0.2) is 30.3 Å². The normalized spacial score (nSPS) is 15.8. The van der Waals surface area contributed by atoms with Gasteiger partial charge in [0.05, 0.1) is 31.5 Å². The predicted molar refractivity (Wildman–Crippen MR) is 74.4 cm³/mol. The molecule has 1 rings (SSSR count). The highest BCUT2D eigenvalue weighted by Crippen LogP contribution is 2.09. The molecular formula is C15H24O4. The largest absolute Gasteiger partial charge is 0.491 e. The molecule has 4 nitrogen and oxygen atoms in total. The lowest BCUT2D eigenvalue weighted by Gasteiger charge is -2.18. The molecule has 0 aromatic heterocycles. The van der Waals surface area contributed by atoms with Gasteiger partial charge in [0.25, 0.3) is 0 Å². The van der Waals surface area contributed by atoms with Crippen LogP contribution in [0, 0.1) is 0 Å². The highest BCUT2D eigenvalue weighted by atomic mass is 16.6. The van der Waals surface area contributed by atoms with Gasteiger partial charge >= 0.3 is 0 Å². The summed E-state index contributed by atoms with van der Waals surface area (Å²) in [6.45, 7) is 6.92. The number of hydrogen-bond donors (Lipinski definition) is 1. The van der Waals surface area contributed by atoms with Gasteiger partial charge in [-0.15, -0.1) is 0 Å². The summed E-state index contributed by atoms with van der Waals surface area (Å²) in [7, 11) is 0. The molecule has 0 aliphatic carbocycles. The Morgan fingerprint density at radius 2 is 1.47 bits per heavy atom. The Kier molecular flexibility index (Phi) is 7.48. The van der Waals surface area contributed by atoms with Crippen LogP contribution in [-0.4, -0.2) is 43.2 Å². The number of para-hydroxylation sites is 1. The van der Waals surface area contributed by atoms with Crippen molar-refractivity contribution in [3.05, 3.63) is 30.3 Å². The minimum atomic E-state index is -0.443. The van der Waals surface area contributed by atoms with Crippen molar-refractivity contribution in [3.8, 4) is 5.75 Å². The maximum atomic E-state index is 9.10. The summed E-state index contributed by atoms with van der Waals surface area (Å²) in [6, 6.07) is 9.66. The molecule has 4 heteroatoms. The average molecular weight is 268 g/mol. The SMILES string of the molecule is CC(O)COC(C)COC(C)COc1ccccc1. The fraction of sp³-hybridized carbons (Fsp3) is 0.600. The maximum absolute atomic E-state index is 9.10. The van der Waals surface area contributed by atoms with Gasteiger partial charge in [-0.3, -0.25) is 0 Å². The third-order valence-corrected chi connectivity index (χ3v) is 2.47. The van der Waals surface area contributed by atoms with Gasteiger partial charge in [-0.25, -0.2) is 0 Å². The second kappa shape index (κ2) is 8.91. The first kappa shape index (κ1) is 16.0. The molecule has 0 heterocycles. The first-order valence-corrected chi connectivity index (χ1v) is 6.67. The standard InChI is InChI=1S/C15H24O4/c1-12(16)9-17-13(2)10-18-14(3)11-19-15-7-5-4-6-8-15/h4-8,12-14,16H,9-11H2,1-3H3. The minimum absolute atomic E-state index is 0.00203. The molecule has 1 aromatic rings. The summed E-state index contributed by atoms with van der Waals surface area (Å²) < 4.78 is 16.6. The second-order valence-electron chi connectivity index (χ2n) is 4.76. The van der Waals surface area contributed by atoms with Crippen molar-refractivity contribution in [2.45, 2.75) is 39.1 Å². The van der Waals surface area contributed by atoms with E-state index in [1.165, 1.54) is 0 Å². The zero-order chi connectivity index (χ0) is 14.1. The lowest BCUT2D eigenvalue weighted by Crippen LogP contribution is -2.26. The van der Waals surface area contributed by atoms with Crippen LogP contribution in [-0.2, 0) is 9.47 Å². The van der Waals surface area contributed by atoms with Crippen LogP contribution in [0.1, 0.15) is 20.8 Å². The molecule has 0 radical (unpaired) electrons. The fourth-order valence-electron chi connectivity index (χ4n) is 1.43. The van der Waals surface area contributed by atoms with Gasteiger partial charge in [-0.1, -0.05) is 18.2 Å². The molecule has 0 fully saturated rings. The summed E-state index contributed by atoms with van der Waals surface area (Å²) >= 11 is 0. The smallest absolute Gasteiger partial charge is 0.119 e. The van der Waals surface area contributed by atoms with Crippen LogP contribution < -0.4 is 4.74 Å². The number of hydrogen-bond acceptors (Lipinski definition) is 4. The van der Waals surface area contributed by atoms with Crippen molar-refractivity contribution < 1.29 is 19.3 Å². The van der Waals surface area contributed by atoms with E-state index < -0.39 is 6.10 Å². The fourth-order valence-corrected chi connectivity index (χ4v) is 1.43. The van der Waals surface area contributed by atoms with Crippen molar-refractivity contribution >= 4 is 0 Å². The monoisotopic (exact) mass is 268 g/mol. The molecule has 3 atom stereocenters. The molecule has 1 N–H and O–H groups in total. The molecule has 108 valence electrons. The second-order valence-corrected chi connectivity index (χ2v) is 4.76. The Labute approximate surface area is 115 Å². The van der Waals surface area contributed by atoms with Crippen LogP contribution in [0.25, 0.3) is 0 Å². The van der Waals surface area contributed by atoms with Gasteiger partial charge in [-0.05, 0) is 32.9 Å². The molecule has 1 aromatic carbocycles. The number of aliphatic hydroxyl groups excluding tert-OH is 1. The Bertz CT molecular complexity index is 326. The zero-order valence-electron chi connectivity index (χ0n) is 11.9. The van der Waals surface area contributed by atoms with Crippen LogP contribution in [0.2, 0.25) is 0 Å². The predicted octanol–water partition coefficient (Wildman–Crippen LogP) is 2.26. The van der Waals surface area contributed by atoms with E-state index in [9.17, 15) is 0 Å². The molecule has 0 bridgehead atoms. The van der Waals surface area contributed by atoms with E-state index >= 15 is 0 Å².